The van der Waals surface area contributed by atoms with Crippen molar-refractivity contribution >= 4 is 46.8 Å². The van der Waals surface area contributed by atoms with E-state index in [4.69, 9.17) is 10.2 Å². The maximum absolute atomic E-state index is 9.97. The first-order chi connectivity index (χ1) is 5.13. The molecule has 68 valence electrons. The van der Waals surface area contributed by atoms with E-state index in [0.29, 0.717) is 11.5 Å². The Morgan fingerprint density at radius 1 is 1.00 bits per heavy atom. The topological polar surface area (TPSA) is 74.6 Å². The molecule has 0 aliphatic rings. The van der Waals surface area contributed by atoms with Crippen molar-refractivity contribution in [2.45, 2.75) is 12.8 Å². The van der Waals surface area contributed by atoms with Crippen molar-refractivity contribution in [2.75, 3.05) is 11.5 Å². The fourth-order valence-corrected chi connectivity index (χ4v) is 1.26. The monoisotopic (exact) mass is 204 g/mol. The van der Waals surface area contributed by atoms with Crippen LogP contribution in [0.4, 0.5) is 0 Å². The number of thioether (sulfide) groups is 1. The molecule has 0 aromatic heterocycles. The lowest BCUT2D eigenvalue weighted by atomic mass is 10.5. The minimum atomic E-state index is -0.840. The molecule has 0 unspecified atom stereocenters. The molecule has 0 saturated heterocycles. The van der Waals surface area contributed by atoms with Crippen LogP contribution in [0.3, 0.4) is 0 Å². The fraction of sp³-hybridized carbons (Fsp3) is 0.667. The summed E-state index contributed by atoms with van der Waals surface area (Å²) >= 11 is 1.35. The second-order valence-corrected chi connectivity index (χ2v) is 3.12. The fourth-order valence-electron chi connectivity index (χ4n) is 0.421. The van der Waals surface area contributed by atoms with Crippen LogP contribution in [-0.4, -0.2) is 56.7 Å². The molecule has 0 radical (unpaired) electrons. The molecule has 0 spiro atoms. The highest BCUT2D eigenvalue weighted by molar-refractivity contribution is 7.99. The summed E-state index contributed by atoms with van der Waals surface area (Å²) in [6.07, 6.45) is 0.203. The van der Waals surface area contributed by atoms with E-state index < -0.39 is 11.9 Å². The van der Waals surface area contributed by atoms with Crippen molar-refractivity contribution < 1.29 is 19.8 Å². The predicted molar refractivity (Wildman–Crippen MR) is 50.4 cm³/mol. The van der Waals surface area contributed by atoms with E-state index in [1.54, 1.807) is 0 Å². The third-order valence-corrected chi connectivity index (χ3v) is 1.91. The van der Waals surface area contributed by atoms with Gasteiger partial charge in [0, 0.05) is 11.5 Å². The van der Waals surface area contributed by atoms with Crippen LogP contribution in [0.15, 0.2) is 0 Å². The molecule has 6 heteroatoms. The molecule has 4 nitrogen and oxygen atoms in total. The average Bonchev–Trinajstić information content (AvgIpc) is 1.85. The van der Waals surface area contributed by atoms with Crippen molar-refractivity contribution in [3.63, 3.8) is 0 Å². The zero-order valence-corrected chi connectivity index (χ0v) is 6.76. The SMILES string of the molecule is O=C(O)CCSCCC(=O)O.[MgH2]. The summed E-state index contributed by atoms with van der Waals surface area (Å²) in [5.74, 6) is -0.703. The Morgan fingerprint density at radius 3 is 1.58 bits per heavy atom. The highest BCUT2D eigenvalue weighted by Gasteiger charge is 1.98. The molecule has 0 aliphatic heterocycles. The number of carboxylic acids is 2. The van der Waals surface area contributed by atoms with Crippen LogP contribution in [-0.2, 0) is 9.59 Å². The van der Waals surface area contributed by atoms with Gasteiger partial charge in [0.25, 0.3) is 0 Å². The highest BCUT2D eigenvalue weighted by atomic mass is 32.2. The molecule has 0 aromatic carbocycles. The quantitative estimate of drug-likeness (QED) is 0.461. The van der Waals surface area contributed by atoms with Crippen LogP contribution >= 0.6 is 11.8 Å². The molecule has 0 fully saturated rings. The molecule has 0 heterocycles. The maximum Gasteiger partial charge on any atom is 0.316 e. The van der Waals surface area contributed by atoms with Crippen LogP contribution in [0, 0.1) is 0 Å². The summed E-state index contributed by atoms with van der Waals surface area (Å²) in [6.45, 7) is 0. The number of rotatable bonds is 6. The molecule has 0 bridgehead atoms. The lowest BCUT2D eigenvalue weighted by Crippen LogP contribution is -1.99. The van der Waals surface area contributed by atoms with Crippen molar-refractivity contribution in [1.29, 1.82) is 0 Å². The van der Waals surface area contributed by atoms with E-state index >= 15 is 0 Å². The van der Waals surface area contributed by atoms with Crippen LogP contribution < -0.4 is 0 Å². The first kappa shape index (κ1) is 14.6. The van der Waals surface area contributed by atoms with Gasteiger partial charge in [-0.3, -0.25) is 9.59 Å². The minimum Gasteiger partial charge on any atom is -0.481 e. The van der Waals surface area contributed by atoms with Gasteiger partial charge in [-0.2, -0.15) is 11.8 Å². The summed E-state index contributed by atoms with van der Waals surface area (Å²) < 4.78 is 0. The summed E-state index contributed by atoms with van der Waals surface area (Å²) in [5.41, 5.74) is 0. The first-order valence-corrected chi connectivity index (χ1v) is 4.29. The molecule has 0 saturated carbocycles. The number of aliphatic carboxylic acids is 2. The Kier molecular flexibility index (Phi) is 11.1. The number of hydrogen-bond donors (Lipinski definition) is 2. The van der Waals surface area contributed by atoms with E-state index in [9.17, 15) is 9.59 Å². The highest BCUT2D eigenvalue weighted by Crippen LogP contribution is 2.03. The molecule has 0 amide bonds. The van der Waals surface area contributed by atoms with E-state index in [1.165, 1.54) is 11.8 Å². The van der Waals surface area contributed by atoms with Crippen LogP contribution in [0.25, 0.3) is 0 Å². The number of carbonyl (C=O) groups is 2. The predicted octanol–water partition coefficient (Wildman–Crippen LogP) is -0.247. The van der Waals surface area contributed by atoms with Crippen molar-refractivity contribution in [3.05, 3.63) is 0 Å². The minimum absolute atomic E-state index is 0. The molecule has 2 N–H and O–H groups in total. The molecule has 0 atom stereocenters. The van der Waals surface area contributed by atoms with Gasteiger partial charge in [-0.05, 0) is 0 Å². The normalized spacial score (nSPS) is 8.67. The molecule has 0 aliphatic carbocycles. The largest absolute Gasteiger partial charge is 0.481 e. The molecular formula is C6H12MgO4S. The maximum atomic E-state index is 9.97. The van der Waals surface area contributed by atoms with Gasteiger partial charge in [0.2, 0.25) is 0 Å². The third kappa shape index (κ3) is 12.7. The Labute approximate surface area is 90.9 Å². The van der Waals surface area contributed by atoms with Gasteiger partial charge in [-0.25, -0.2) is 0 Å². The Hall–Kier alpha value is 0.0562. The lowest BCUT2D eigenvalue weighted by molar-refractivity contribution is -0.137. The van der Waals surface area contributed by atoms with E-state index in [-0.39, 0.29) is 35.9 Å². The standard InChI is InChI=1S/C6H10O4S.Mg.2H/c7-5(8)1-3-11-4-2-6(9)10;;;/h1-4H2,(H,7,8)(H,9,10);;;. The summed E-state index contributed by atoms with van der Waals surface area (Å²) in [6, 6.07) is 0. The zero-order valence-electron chi connectivity index (χ0n) is 5.95. The Morgan fingerprint density at radius 2 is 1.33 bits per heavy atom. The summed E-state index contributed by atoms with van der Waals surface area (Å²) in [7, 11) is 0. The molecule has 0 aromatic rings. The average molecular weight is 205 g/mol. The number of carboxylic acid groups (broad SMARTS) is 2. The van der Waals surface area contributed by atoms with Crippen molar-refractivity contribution in [1.82, 2.24) is 0 Å². The van der Waals surface area contributed by atoms with Gasteiger partial charge in [-0.15, -0.1) is 0 Å². The van der Waals surface area contributed by atoms with Gasteiger partial charge in [-0.1, -0.05) is 0 Å². The second-order valence-electron chi connectivity index (χ2n) is 1.90. The van der Waals surface area contributed by atoms with Gasteiger partial charge >= 0.3 is 35.0 Å². The van der Waals surface area contributed by atoms with Crippen molar-refractivity contribution in [3.8, 4) is 0 Å². The van der Waals surface area contributed by atoms with E-state index in [0.717, 1.165) is 0 Å². The van der Waals surface area contributed by atoms with Gasteiger partial charge in [0.05, 0.1) is 12.8 Å². The third-order valence-electron chi connectivity index (χ3n) is 0.921. The van der Waals surface area contributed by atoms with Gasteiger partial charge in [0.15, 0.2) is 0 Å². The second kappa shape index (κ2) is 9.15. The molecular weight excluding hydrogens is 192 g/mol. The summed E-state index contributed by atoms with van der Waals surface area (Å²) in [4.78, 5) is 19.9. The summed E-state index contributed by atoms with van der Waals surface area (Å²) in [5, 5.41) is 16.4. The van der Waals surface area contributed by atoms with Crippen LogP contribution in [0.5, 0.6) is 0 Å². The molecule has 12 heavy (non-hydrogen) atoms. The van der Waals surface area contributed by atoms with E-state index in [2.05, 4.69) is 0 Å². The van der Waals surface area contributed by atoms with Crippen LogP contribution in [0.1, 0.15) is 12.8 Å². The van der Waals surface area contributed by atoms with Gasteiger partial charge in [0.1, 0.15) is 0 Å². The van der Waals surface area contributed by atoms with Crippen molar-refractivity contribution in [2.24, 2.45) is 0 Å². The smallest absolute Gasteiger partial charge is 0.316 e. The zero-order chi connectivity index (χ0) is 8.69. The van der Waals surface area contributed by atoms with E-state index in [1.807, 2.05) is 0 Å². The Balaban J connectivity index is 0. The lowest BCUT2D eigenvalue weighted by Gasteiger charge is -1.94. The first-order valence-electron chi connectivity index (χ1n) is 3.14. The van der Waals surface area contributed by atoms with Gasteiger partial charge < -0.3 is 10.2 Å². The molecule has 0 rings (SSSR count). The number of hydrogen-bond acceptors (Lipinski definition) is 3. The van der Waals surface area contributed by atoms with Crippen LogP contribution in [0.2, 0.25) is 0 Å². The Bertz CT molecular complexity index is 134.